The Kier molecular flexibility index (Phi) is 4.06. The second kappa shape index (κ2) is 6.14. The highest BCUT2D eigenvalue weighted by molar-refractivity contribution is 8.15. The van der Waals surface area contributed by atoms with Crippen molar-refractivity contribution in [3.63, 3.8) is 0 Å². The van der Waals surface area contributed by atoms with Gasteiger partial charge in [0.25, 0.3) is 5.91 Å². The minimum absolute atomic E-state index is 0.0588. The maximum atomic E-state index is 12.3. The highest BCUT2D eigenvalue weighted by Crippen LogP contribution is 2.27. The largest absolute Gasteiger partial charge is 0.272 e. The minimum atomic E-state index is -0.110. The standard InChI is InChI=1S/C17H16N2OS/c1-13-17(20)19(12-14-8-4-2-5-9-14)18-16(21-13)15-10-6-3-7-11-15/h2-11,13H,12H2,1H3. The fourth-order valence-electron chi connectivity index (χ4n) is 2.19. The van der Waals surface area contributed by atoms with Gasteiger partial charge in [0.05, 0.1) is 11.8 Å². The molecule has 1 heterocycles. The van der Waals surface area contributed by atoms with Crippen molar-refractivity contribution in [1.29, 1.82) is 0 Å². The van der Waals surface area contributed by atoms with Crippen LogP contribution in [0.15, 0.2) is 65.8 Å². The summed E-state index contributed by atoms with van der Waals surface area (Å²) in [6.07, 6.45) is 0. The number of thioether (sulfide) groups is 1. The highest BCUT2D eigenvalue weighted by atomic mass is 32.2. The molecule has 2 aromatic carbocycles. The number of nitrogens with zero attached hydrogens (tertiary/aromatic N) is 2. The van der Waals surface area contributed by atoms with Gasteiger partial charge >= 0.3 is 0 Å². The number of benzene rings is 2. The van der Waals surface area contributed by atoms with Gasteiger partial charge in [-0.25, -0.2) is 5.01 Å². The Bertz CT molecular complexity index is 655. The fourth-order valence-corrected chi connectivity index (χ4v) is 3.16. The summed E-state index contributed by atoms with van der Waals surface area (Å²) in [6.45, 7) is 2.45. The van der Waals surface area contributed by atoms with E-state index in [0.29, 0.717) is 6.54 Å². The van der Waals surface area contributed by atoms with Gasteiger partial charge in [-0.05, 0) is 12.5 Å². The molecule has 1 atom stereocenters. The first-order chi connectivity index (χ1) is 10.2. The van der Waals surface area contributed by atoms with Crippen LogP contribution < -0.4 is 0 Å². The van der Waals surface area contributed by atoms with Gasteiger partial charge in [-0.3, -0.25) is 4.79 Å². The summed E-state index contributed by atoms with van der Waals surface area (Å²) >= 11 is 1.52. The number of amides is 1. The van der Waals surface area contributed by atoms with Crippen molar-refractivity contribution >= 4 is 22.7 Å². The van der Waals surface area contributed by atoms with E-state index < -0.39 is 0 Å². The average molecular weight is 296 g/mol. The third kappa shape index (κ3) is 3.16. The van der Waals surface area contributed by atoms with Crippen LogP contribution in [0, 0.1) is 0 Å². The van der Waals surface area contributed by atoms with E-state index in [1.54, 1.807) is 5.01 Å². The Balaban J connectivity index is 1.89. The molecule has 0 saturated heterocycles. The SMILES string of the molecule is CC1SC(c2ccccc2)=NN(Cc2ccccc2)C1=O. The van der Waals surface area contributed by atoms with Crippen LogP contribution >= 0.6 is 11.8 Å². The lowest BCUT2D eigenvalue weighted by Gasteiger charge is -2.27. The molecule has 0 radical (unpaired) electrons. The predicted molar refractivity (Wildman–Crippen MR) is 87.0 cm³/mol. The van der Waals surface area contributed by atoms with E-state index in [4.69, 9.17) is 0 Å². The number of carbonyl (C=O) groups excluding carboxylic acids is 1. The Morgan fingerprint density at radius 3 is 2.33 bits per heavy atom. The molecule has 0 N–H and O–H groups in total. The zero-order valence-electron chi connectivity index (χ0n) is 11.8. The van der Waals surface area contributed by atoms with Crippen molar-refractivity contribution in [3.8, 4) is 0 Å². The zero-order valence-corrected chi connectivity index (χ0v) is 12.6. The van der Waals surface area contributed by atoms with Gasteiger partial charge in [0.2, 0.25) is 0 Å². The second-order valence-corrected chi connectivity index (χ2v) is 6.24. The van der Waals surface area contributed by atoms with Gasteiger partial charge in [0.15, 0.2) is 0 Å². The Morgan fingerprint density at radius 1 is 1.05 bits per heavy atom. The molecule has 0 spiro atoms. The van der Waals surface area contributed by atoms with Gasteiger partial charge in [-0.15, -0.1) is 0 Å². The fraction of sp³-hybridized carbons (Fsp3) is 0.176. The summed E-state index contributed by atoms with van der Waals surface area (Å²) in [5, 5.41) is 6.92. The van der Waals surface area contributed by atoms with Crippen LogP contribution in [-0.4, -0.2) is 21.2 Å². The van der Waals surface area contributed by atoms with Crippen LogP contribution in [0.5, 0.6) is 0 Å². The summed E-state index contributed by atoms with van der Waals surface area (Å²) in [5.41, 5.74) is 2.14. The van der Waals surface area contributed by atoms with Crippen molar-refractivity contribution in [1.82, 2.24) is 5.01 Å². The number of hydrogen-bond acceptors (Lipinski definition) is 3. The van der Waals surface area contributed by atoms with Crippen LogP contribution in [0.4, 0.5) is 0 Å². The first-order valence-corrected chi connectivity index (χ1v) is 7.78. The lowest BCUT2D eigenvalue weighted by atomic mass is 10.2. The minimum Gasteiger partial charge on any atom is -0.272 e. The van der Waals surface area contributed by atoms with Crippen molar-refractivity contribution in [2.75, 3.05) is 0 Å². The number of rotatable bonds is 3. The van der Waals surface area contributed by atoms with E-state index in [-0.39, 0.29) is 11.2 Å². The molecule has 1 amide bonds. The van der Waals surface area contributed by atoms with Crippen molar-refractivity contribution < 1.29 is 4.79 Å². The maximum Gasteiger partial charge on any atom is 0.256 e. The first-order valence-electron chi connectivity index (χ1n) is 6.90. The van der Waals surface area contributed by atoms with Crippen molar-refractivity contribution in [2.45, 2.75) is 18.7 Å². The van der Waals surface area contributed by atoms with Crippen molar-refractivity contribution in [2.24, 2.45) is 5.10 Å². The molecular weight excluding hydrogens is 280 g/mol. The quantitative estimate of drug-likeness (QED) is 0.868. The Hall–Kier alpha value is -2.07. The molecule has 3 rings (SSSR count). The third-order valence-corrected chi connectivity index (χ3v) is 4.39. The summed E-state index contributed by atoms with van der Waals surface area (Å²) in [7, 11) is 0. The zero-order chi connectivity index (χ0) is 14.7. The molecule has 0 fully saturated rings. The van der Waals surface area contributed by atoms with Gasteiger partial charge in [-0.2, -0.15) is 5.10 Å². The summed E-state index contributed by atoms with van der Waals surface area (Å²) in [5.74, 6) is 0.0588. The number of hydrogen-bond donors (Lipinski definition) is 0. The van der Waals surface area contributed by atoms with E-state index in [1.807, 2.05) is 67.6 Å². The van der Waals surface area contributed by atoms with E-state index in [0.717, 1.165) is 16.2 Å². The van der Waals surface area contributed by atoms with Gasteiger partial charge in [-0.1, -0.05) is 72.4 Å². The lowest BCUT2D eigenvalue weighted by Crippen LogP contribution is -2.37. The molecule has 21 heavy (non-hydrogen) atoms. The lowest BCUT2D eigenvalue weighted by molar-refractivity contribution is -0.131. The molecule has 0 aromatic heterocycles. The molecule has 1 aliphatic rings. The van der Waals surface area contributed by atoms with Crippen LogP contribution in [0.3, 0.4) is 0 Å². The Labute approximate surface area is 128 Å². The van der Waals surface area contributed by atoms with Crippen LogP contribution in [0.25, 0.3) is 0 Å². The first kappa shape index (κ1) is 13.9. The summed E-state index contributed by atoms with van der Waals surface area (Å²) in [6, 6.07) is 19.9. The monoisotopic (exact) mass is 296 g/mol. The molecule has 4 heteroatoms. The molecule has 1 aliphatic heterocycles. The number of hydrazone groups is 1. The average Bonchev–Trinajstić information content (AvgIpc) is 2.53. The van der Waals surface area contributed by atoms with E-state index in [9.17, 15) is 4.79 Å². The van der Waals surface area contributed by atoms with Crippen LogP contribution in [-0.2, 0) is 11.3 Å². The second-order valence-electron chi connectivity index (χ2n) is 4.91. The maximum absolute atomic E-state index is 12.3. The topological polar surface area (TPSA) is 32.7 Å². The Morgan fingerprint density at radius 2 is 1.67 bits per heavy atom. The summed E-state index contributed by atoms with van der Waals surface area (Å²) in [4.78, 5) is 12.3. The van der Waals surface area contributed by atoms with E-state index in [2.05, 4.69) is 5.10 Å². The molecule has 1 unspecified atom stereocenters. The van der Waals surface area contributed by atoms with Crippen molar-refractivity contribution in [3.05, 3.63) is 71.8 Å². The van der Waals surface area contributed by atoms with Crippen LogP contribution in [0.2, 0.25) is 0 Å². The molecule has 0 bridgehead atoms. The molecule has 2 aromatic rings. The smallest absolute Gasteiger partial charge is 0.256 e. The molecule has 0 aliphatic carbocycles. The molecule has 3 nitrogen and oxygen atoms in total. The normalized spacial score (nSPS) is 18.5. The summed E-state index contributed by atoms with van der Waals surface area (Å²) < 4.78 is 0. The molecular formula is C17H16N2OS. The van der Waals surface area contributed by atoms with Gasteiger partial charge < -0.3 is 0 Å². The van der Waals surface area contributed by atoms with Crippen LogP contribution in [0.1, 0.15) is 18.1 Å². The predicted octanol–water partition coefficient (Wildman–Crippen LogP) is 3.51. The van der Waals surface area contributed by atoms with E-state index >= 15 is 0 Å². The van der Waals surface area contributed by atoms with E-state index in [1.165, 1.54) is 11.8 Å². The molecule has 0 saturated carbocycles. The highest BCUT2D eigenvalue weighted by Gasteiger charge is 2.28. The number of carbonyl (C=O) groups is 1. The third-order valence-electron chi connectivity index (χ3n) is 3.30. The van der Waals surface area contributed by atoms with Gasteiger partial charge in [0, 0.05) is 5.56 Å². The van der Waals surface area contributed by atoms with Gasteiger partial charge in [0.1, 0.15) is 5.04 Å². The molecule has 106 valence electrons.